The average Bonchev–Trinajstić information content (AvgIpc) is 3.05. The molecule has 0 amide bonds. The molecule has 2 aliphatic heterocycles. The van der Waals surface area contributed by atoms with Gasteiger partial charge in [-0.15, -0.1) is 0 Å². The van der Waals surface area contributed by atoms with Crippen molar-refractivity contribution in [2.75, 3.05) is 0 Å². The number of fused-ring (bicyclic) bond motifs is 1. The second kappa shape index (κ2) is 3.11. The molecule has 2 aliphatic rings. The Morgan fingerprint density at radius 2 is 2.00 bits per heavy atom. The van der Waals surface area contributed by atoms with E-state index in [1.165, 1.54) is 56.1 Å². The molecule has 100 valence electrons. The van der Waals surface area contributed by atoms with Crippen molar-refractivity contribution in [1.29, 1.82) is 0 Å². The van der Waals surface area contributed by atoms with Crippen molar-refractivity contribution in [3.63, 3.8) is 0 Å². The van der Waals surface area contributed by atoms with E-state index in [-0.39, 0.29) is 0 Å². The summed E-state index contributed by atoms with van der Waals surface area (Å²) in [5, 5.41) is 4.33. The highest BCUT2D eigenvalue weighted by Crippen LogP contribution is 2.38. The Morgan fingerprint density at radius 3 is 2.95 bits per heavy atom. The summed E-state index contributed by atoms with van der Waals surface area (Å²) in [5.41, 5.74) is 8.76. The molecule has 0 radical (unpaired) electrons. The summed E-state index contributed by atoms with van der Waals surface area (Å²) in [7, 11) is 0. The number of nitrogens with zero attached hydrogens (tertiary/aromatic N) is 2. The molecule has 2 aromatic heterocycles. The third kappa shape index (κ3) is 1.00. The van der Waals surface area contributed by atoms with Gasteiger partial charge in [-0.05, 0) is 18.9 Å². The van der Waals surface area contributed by atoms with Crippen molar-refractivity contribution in [1.82, 2.24) is 4.40 Å². The first-order valence-corrected chi connectivity index (χ1v) is 7.72. The maximum atomic E-state index is 2.53. The minimum absolute atomic E-state index is 1.04. The zero-order chi connectivity index (χ0) is 13.7. The molecule has 0 spiro atoms. The molecular formula is C19H15N2+. The van der Waals surface area contributed by atoms with Gasteiger partial charge in [0.15, 0.2) is 0 Å². The van der Waals surface area contributed by atoms with Crippen LogP contribution < -0.4 is 4.57 Å². The monoisotopic (exact) mass is 271 g/mol. The summed E-state index contributed by atoms with van der Waals surface area (Å²) >= 11 is 0. The first-order valence-electron chi connectivity index (χ1n) is 7.72. The fourth-order valence-electron chi connectivity index (χ4n) is 4.51. The topological polar surface area (TPSA) is 8.29 Å². The zero-order valence-electron chi connectivity index (χ0n) is 12.0. The zero-order valence-corrected chi connectivity index (χ0v) is 12.0. The molecule has 4 heterocycles. The van der Waals surface area contributed by atoms with Crippen LogP contribution >= 0.6 is 0 Å². The second-order valence-electron chi connectivity index (χ2n) is 6.50. The van der Waals surface area contributed by atoms with Gasteiger partial charge in [-0.2, -0.15) is 4.40 Å². The molecule has 21 heavy (non-hydrogen) atoms. The molecule has 0 atom stereocenters. The Balaban J connectivity index is 2.10. The lowest BCUT2D eigenvalue weighted by molar-refractivity contribution is -0.657. The molecule has 0 unspecified atom stereocenters. The van der Waals surface area contributed by atoms with Crippen molar-refractivity contribution in [3.8, 4) is 0 Å². The fraction of sp³-hybridized carbons (Fsp3) is 0.211. The van der Waals surface area contributed by atoms with E-state index in [9.17, 15) is 0 Å². The quantitative estimate of drug-likeness (QED) is 0.302. The lowest BCUT2D eigenvalue weighted by Gasteiger charge is -2.13. The Morgan fingerprint density at radius 1 is 1.05 bits per heavy atom. The number of benzene rings is 2. The molecule has 2 aromatic carbocycles. The van der Waals surface area contributed by atoms with Crippen LogP contribution in [-0.2, 0) is 19.4 Å². The summed E-state index contributed by atoms with van der Waals surface area (Å²) in [4.78, 5) is 0. The van der Waals surface area contributed by atoms with E-state index >= 15 is 0 Å². The number of rotatable bonds is 0. The van der Waals surface area contributed by atoms with Crippen LogP contribution in [-0.4, -0.2) is 4.40 Å². The maximum absolute atomic E-state index is 2.53. The van der Waals surface area contributed by atoms with Gasteiger partial charge in [-0.1, -0.05) is 30.3 Å². The average molecular weight is 271 g/mol. The van der Waals surface area contributed by atoms with Crippen LogP contribution in [0.2, 0.25) is 0 Å². The lowest BCUT2D eigenvalue weighted by Crippen LogP contribution is -2.29. The van der Waals surface area contributed by atoms with Crippen LogP contribution in [0.25, 0.3) is 27.3 Å². The first kappa shape index (κ1) is 10.4. The molecule has 0 saturated carbocycles. The number of hydrogen-bond acceptors (Lipinski definition) is 0. The Bertz CT molecular complexity index is 1120. The van der Waals surface area contributed by atoms with E-state index < -0.39 is 0 Å². The lowest BCUT2D eigenvalue weighted by atomic mass is 9.95. The smallest absolute Gasteiger partial charge is 0.225 e. The van der Waals surface area contributed by atoms with E-state index in [4.69, 9.17) is 0 Å². The van der Waals surface area contributed by atoms with E-state index in [0.29, 0.717) is 0 Å². The molecule has 0 N–H and O–H groups in total. The van der Waals surface area contributed by atoms with Gasteiger partial charge in [0.1, 0.15) is 24.0 Å². The third-order valence-corrected chi connectivity index (χ3v) is 5.46. The molecule has 2 nitrogen and oxygen atoms in total. The standard InChI is InChI=1S/C19H15N2/c1-11-5-8-14-15-4-2-3-12-6-7-13-9-20-10-16(11)17(14)19(20)21(13)18(12)15/h2-5,8-9H,6-7,10H2,1H3/q+1. The number of para-hydroxylation sites is 1. The van der Waals surface area contributed by atoms with Crippen molar-refractivity contribution in [2.45, 2.75) is 26.3 Å². The number of aromatic nitrogens is 2. The van der Waals surface area contributed by atoms with Crippen LogP contribution in [0.15, 0.2) is 36.5 Å². The van der Waals surface area contributed by atoms with Gasteiger partial charge in [0.25, 0.3) is 5.65 Å². The van der Waals surface area contributed by atoms with Gasteiger partial charge in [0, 0.05) is 28.3 Å². The van der Waals surface area contributed by atoms with Crippen LogP contribution in [0, 0.1) is 6.92 Å². The Labute approximate surface area is 122 Å². The summed E-state index contributed by atoms with van der Waals surface area (Å²) in [5.74, 6) is 0. The van der Waals surface area contributed by atoms with Crippen LogP contribution in [0.1, 0.15) is 22.4 Å². The highest BCUT2D eigenvalue weighted by Gasteiger charge is 2.33. The van der Waals surface area contributed by atoms with Crippen molar-refractivity contribution in [3.05, 3.63) is 58.9 Å². The highest BCUT2D eigenvalue weighted by atomic mass is 15.1. The first-order chi connectivity index (χ1) is 10.3. The minimum Gasteiger partial charge on any atom is -0.225 e. The summed E-state index contributed by atoms with van der Waals surface area (Å²) < 4.78 is 4.99. The molecular weight excluding hydrogens is 256 g/mol. The van der Waals surface area contributed by atoms with Gasteiger partial charge in [0.2, 0.25) is 0 Å². The molecule has 0 bridgehead atoms. The van der Waals surface area contributed by atoms with Gasteiger partial charge >= 0.3 is 0 Å². The SMILES string of the molecule is Cc1ccc2c3cccc4c3n3c(c[n+]5c3c2c1C5)CC4. The number of hydrogen-bond donors (Lipinski definition) is 0. The number of pyridine rings is 1. The van der Waals surface area contributed by atoms with Crippen molar-refractivity contribution < 1.29 is 4.57 Å². The molecule has 2 heteroatoms. The summed E-state index contributed by atoms with van der Waals surface area (Å²) in [6, 6.07) is 11.4. The molecule has 6 rings (SSSR count). The van der Waals surface area contributed by atoms with Gasteiger partial charge in [-0.3, -0.25) is 0 Å². The van der Waals surface area contributed by atoms with E-state index in [1.54, 1.807) is 0 Å². The van der Waals surface area contributed by atoms with Crippen LogP contribution in [0.3, 0.4) is 0 Å². The fourth-order valence-corrected chi connectivity index (χ4v) is 4.51. The maximum Gasteiger partial charge on any atom is 0.295 e. The second-order valence-corrected chi connectivity index (χ2v) is 6.50. The largest absolute Gasteiger partial charge is 0.295 e. The van der Waals surface area contributed by atoms with Gasteiger partial charge in [-0.25, -0.2) is 4.57 Å². The third-order valence-electron chi connectivity index (χ3n) is 5.46. The Kier molecular flexibility index (Phi) is 1.54. The van der Waals surface area contributed by atoms with E-state index in [1.807, 2.05) is 0 Å². The normalized spacial score (nSPS) is 15.3. The predicted molar refractivity (Wildman–Crippen MR) is 83.9 cm³/mol. The minimum atomic E-state index is 1.04. The number of imidazole rings is 1. The molecule has 0 aliphatic carbocycles. The van der Waals surface area contributed by atoms with E-state index in [0.717, 1.165) is 13.0 Å². The van der Waals surface area contributed by atoms with E-state index in [2.05, 4.69) is 52.4 Å². The Hall–Kier alpha value is -2.35. The van der Waals surface area contributed by atoms with Crippen molar-refractivity contribution in [2.24, 2.45) is 0 Å². The molecule has 0 fully saturated rings. The molecule has 4 aromatic rings. The van der Waals surface area contributed by atoms with Crippen LogP contribution in [0.4, 0.5) is 0 Å². The van der Waals surface area contributed by atoms with Crippen LogP contribution in [0.5, 0.6) is 0 Å². The number of aryl methyl sites for hydroxylation is 3. The predicted octanol–water partition coefficient (Wildman–Crippen LogP) is 3.30. The summed E-state index contributed by atoms with van der Waals surface area (Å²) in [6.07, 6.45) is 4.71. The van der Waals surface area contributed by atoms with Gasteiger partial charge < -0.3 is 0 Å². The van der Waals surface area contributed by atoms with Crippen molar-refractivity contribution >= 4 is 27.3 Å². The molecule has 0 saturated heterocycles. The van der Waals surface area contributed by atoms with Gasteiger partial charge in [0.05, 0.1) is 5.39 Å². The highest BCUT2D eigenvalue weighted by molar-refractivity contribution is 6.14. The summed E-state index contributed by atoms with van der Waals surface area (Å²) in [6.45, 7) is 3.28.